The molecule has 0 unspecified atom stereocenters. The van der Waals surface area contributed by atoms with Crippen molar-refractivity contribution in [3.63, 3.8) is 0 Å². The first-order valence-corrected chi connectivity index (χ1v) is 3.58. The molecular formula is C7H5Cl2NO4. The number of hydrogen-bond donors (Lipinski definition) is 1. The van der Waals surface area contributed by atoms with E-state index in [9.17, 15) is 14.9 Å². The van der Waals surface area contributed by atoms with E-state index in [0.717, 1.165) is 6.07 Å². The van der Waals surface area contributed by atoms with Crippen molar-refractivity contribution < 1.29 is 14.8 Å². The Morgan fingerprint density at radius 3 is 2.43 bits per heavy atom. The second-order valence-electron chi connectivity index (χ2n) is 2.20. The van der Waals surface area contributed by atoms with Crippen LogP contribution in [0.5, 0.6) is 0 Å². The molecule has 5 nitrogen and oxygen atoms in total. The van der Waals surface area contributed by atoms with Crippen LogP contribution >= 0.6 is 24.0 Å². The molecule has 0 heterocycles. The Morgan fingerprint density at radius 1 is 1.50 bits per heavy atom. The lowest BCUT2D eigenvalue weighted by Gasteiger charge is -1.98. The number of nitro groups is 1. The highest BCUT2D eigenvalue weighted by molar-refractivity contribution is 6.34. The molecule has 1 aromatic carbocycles. The van der Waals surface area contributed by atoms with Crippen LogP contribution in [-0.2, 0) is 0 Å². The zero-order chi connectivity index (χ0) is 10.0. The molecule has 0 saturated heterocycles. The van der Waals surface area contributed by atoms with Crippen molar-refractivity contribution in [3.05, 3.63) is 38.9 Å². The Bertz CT molecular complexity index is 380. The smallest absolute Gasteiger partial charge is 0.344 e. The number of halogens is 2. The standard InChI is InChI=1S/C7H4ClNO4.ClH/c8-4-2-1-3-5(9(12)13)6(4)7(10)11;/h1-3H,(H,10,11);1H. The fourth-order valence-electron chi connectivity index (χ4n) is 0.877. The topological polar surface area (TPSA) is 80.4 Å². The number of rotatable bonds is 2. The van der Waals surface area contributed by atoms with Gasteiger partial charge in [0.1, 0.15) is 0 Å². The molecule has 0 atom stereocenters. The van der Waals surface area contributed by atoms with E-state index in [4.69, 9.17) is 16.7 Å². The second-order valence-corrected chi connectivity index (χ2v) is 2.60. The maximum absolute atomic E-state index is 10.6. The zero-order valence-electron chi connectivity index (χ0n) is 6.64. The van der Waals surface area contributed by atoms with Gasteiger partial charge in [-0.25, -0.2) is 4.79 Å². The summed E-state index contributed by atoms with van der Waals surface area (Å²) in [5.41, 5.74) is -0.978. The van der Waals surface area contributed by atoms with Gasteiger partial charge in [0.05, 0.1) is 9.95 Å². The lowest BCUT2D eigenvalue weighted by atomic mass is 10.2. The van der Waals surface area contributed by atoms with Crippen molar-refractivity contribution in [2.45, 2.75) is 0 Å². The molecule has 0 fully saturated rings. The fourth-order valence-corrected chi connectivity index (χ4v) is 1.13. The Morgan fingerprint density at radius 2 is 2.07 bits per heavy atom. The molecule has 14 heavy (non-hydrogen) atoms. The molecule has 0 amide bonds. The molecule has 1 aromatic rings. The molecular weight excluding hydrogens is 233 g/mol. The van der Waals surface area contributed by atoms with Gasteiger partial charge < -0.3 is 5.11 Å². The molecule has 0 aliphatic carbocycles. The van der Waals surface area contributed by atoms with Crippen molar-refractivity contribution in [3.8, 4) is 0 Å². The molecule has 0 aliphatic heterocycles. The van der Waals surface area contributed by atoms with Crippen molar-refractivity contribution in [2.75, 3.05) is 0 Å². The van der Waals surface area contributed by atoms with E-state index in [2.05, 4.69) is 0 Å². The largest absolute Gasteiger partial charge is 0.477 e. The van der Waals surface area contributed by atoms with Gasteiger partial charge in [-0.2, -0.15) is 0 Å². The first-order valence-electron chi connectivity index (χ1n) is 3.20. The maximum Gasteiger partial charge on any atom is 0.344 e. The van der Waals surface area contributed by atoms with E-state index in [0.29, 0.717) is 0 Å². The number of benzene rings is 1. The van der Waals surface area contributed by atoms with E-state index in [1.165, 1.54) is 12.1 Å². The molecule has 0 saturated carbocycles. The molecule has 0 aromatic heterocycles. The van der Waals surface area contributed by atoms with E-state index in [-0.39, 0.29) is 17.4 Å². The molecule has 1 rings (SSSR count). The Labute approximate surface area is 89.9 Å². The van der Waals surface area contributed by atoms with E-state index >= 15 is 0 Å². The van der Waals surface area contributed by atoms with Gasteiger partial charge in [0, 0.05) is 6.07 Å². The number of nitro benzene ring substituents is 1. The summed E-state index contributed by atoms with van der Waals surface area (Å²) in [6.07, 6.45) is 0. The highest BCUT2D eigenvalue weighted by atomic mass is 35.5. The number of carboxylic acids is 1. The molecule has 0 aliphatic rings. The lowest BCUT2D eigenvalue weighted by Crippen LogP contribution is -2.03. The molecule has 0 spiro atoms. The average Bonchev–Trinajstić information content (AvgIpc) is 2.02. The summed E-state index contributed by atoms with van der Waals surface area (Å²) in [6, 6.07) is 3.71. The molecule has 7 heteroatoms. The fraction of sp³-hybridized carbons (Fsp3) is 0. The van der Waals surface area contributed by atoms with Gasteiger partial charge in [0.2, 0.25) is 0 Å². The lowest BCUT2D eigenvalue weighted by molar-refractivity contribution is -0.385. The second kappa shape index (κ2) is 4.78. The van der Waals surface area contributed by atoms with Crippen LogP contribution in [-0.4, -0.2) is 16.0 Å². The molecule has 0 radical (unpaired) electrons. The highest BCUT2D eigenvalue weighted by Crippen LogP contribution is 2.25. The minimum absolute atomic E-state index is 0. The Balaban J connectivity index is 0.00000169. The minimum atomic E-state index is -1.41. The van der Waals surface area contributed by atoms with Crippen molar-refractivity contribution in [1.29, 1.82) is 0 Å². The van der Waals surface area contributed by atoms with Crippen molar-refractivity contribution in [1.82, 2.24) is 0 Å². The van der Waals surface area contributed by atoms with Crippen LogP contribution in [0.3, 0.4) is 0 Å². The van der Waals surface area contributed by atoms with Crippen LogP contribution in [0.25, 0.3) is 0 Å². The highest BCUT2D eigenvalue weighted by Gasteiger charge is 2.22. The summed E-state index contributed by atoms with van der Waals surface area (Å²) in [5.74, 6) is -1.41. The molecule has 1 N–H and O–H groups in total. The minimum Gasteiger partial charge on any atom is -0.477 e. The SMILES string of the molecule is Cl.O=C(O)c1c(Cl)cccc1[N+](=O)[O-]. The summed E-state index contributed by atoms with van der Waals surface area (Å²) in [5, 5.41) is 18.8. The van der Waals surface area contributed by atoms with Crippen LogP contribution in [0.4, 0.5) is 5.69 Å². The van der Waals surface area contributed by atoms with Crippen LogP contribution in [0, 0.1) is 10.1 Å². The zero-order valence-corrected chi connectivity index (χ0v) is 8.21. The maximum atomic E-state index is 10.6. The third kappa shape index (κ3) is 2.34. The molecule has 0 bridgehead atoms. The van der Waals surface area contributed by atoms with Crippen molar-refractivity contribution >= 4 is 35.7 Å². The molecule has 76 valence electrons. The van der Waals surface area contributed by atoms with Gasteiger partial charge in [0.25, 0.3) is 5.69 Å². The number of aromatic carboxylic acids is 1. The number of carboxylic acid groups (broad SMARTS) is 1. The Kier molecular flexibility index (Phi) is 4.33. The summed E-state index contributed by atoms with van der Waals surface area (Å²) in [7, 11) is 0. The average molecular weight is 238 g/mol. The normalized spacial score (nSPS) is 8.93. The van der Waals surface area contributed by atoms with Crippen LogP contribution in [0.2, 0.25) is 5.02 Å². The van der Waals surface area contributed by atoms with Crippen LogP contribution in [0.1, 0.15) is 10.4 Å². The van der Waals surface area contributed by atoms with Gasteiger partial charge in [0.15, 0.2) is 5.56 Å². The van der Waals surface area contributed by atoms with Crippen LogP contribution in [0.15, 0.2) is 18.2 Å². The van der Waals surface area contributed by atoms with E-state index in [1.54, 1.807) is 0 Å². The van der Waals surface area contributed by atoms with Gasteiger partial charge in [-0.3, -0.25) is 10.1 Å². The van der Waals surface area contributed by atoms with Gasteiger partial charge >= 0.3 is 5.97 Å². The van der Waals surface area contributed by atoms with Gasteiger partial charge in [-0.15, -0.1) is 12.4 Å². The quantitative estimate of drug-likeness (QED) is 0.633. The van der Waals surface area contributed by atoms with Crippen LogP contribution < -0.4 is 0 Å². The number of hydrogen-bond acceptors (Lipinski definition) is 3. The number of nitrogens with zero attached hydrogens (tertiary/aromatic N) is 1. The summed E-state index contributed by atoms with van der Waals surface area (Å²) >= 11 is 5.48. The first kappa shape index (κ1) is 12.7. The monoisotopic (exact) mass is 237 g/mol. The first-order chi connectivity index (χ1) is 6.04. The summed E-state index contributed by atoms with van der Waals surface area (Å²) in [4.78, 5) is 20.1. The summed E-state index contributed by atoms with van der Waals surface area (Å²) in [6.45, 7) is 0. The predicted molar refractivity (Wildman–Crippen MR) is 52.3 cm³/mol. The summed E-state index contributed by atoms with van der Waals surface area (Å²) < 4.78 is 0. The van der Waals surface area contributed by atoms with E-state index in [1.807, 2.05) is 0 Å². The number of carbonyl (C=O) groups is 1. The Hall–Kier alpha value is -1.33. The van der Waals surface area contributed by atoms with E-state index < -0.39 is 22.1 Å². The van der Waals surface area contributed by atoms with Crippen molar-refractivity contribution in [2.24, 2.45) is 0 Å². The van der Waals surface area contributed by atoms with Gasteiger partial charge in [-0.05, 0) is 6.07 Å². The predicted octanol–water partition coefficient (Wildman–Crippen LogP) is 2.37. The third-order valence-electron chi connectivity index (χ3n) is 1.40. The van der Waals surface area contributed by atoms with Gasteiger partial charge in [-0.1, -0.05) is 17.7 Å². The third-order valence-corrected chi connectivity index (χ3v) is 1.72.